The quantitative estimate of drug-likeness (QED) is 0.471. The summed E-state index contributed by atoms with van der Waals surface area (Å²) in [7, 11) is -2.43. The highest BCUT2D eigenvalue weighted by Crippen LogP contribution is 2.38. The van der Waals surface area contributed by atoms with Gasteiger partial charge in [0.05, 0.1) is 24.2 Å². The minimum absolute atomic E-state index is 0.113. The summed E-state index contributed by atoms with van der Waals surface area (Å²) >= 11 is 0. The van der Waals surface area contributed by atoms with Gasteiger partial charge in [0.15, 0.2) is 6.10 Å². The van der Waals surface area contributed by atoms with Crippen LogP contribution in [0.3, 0.4) is 0 Å². The third-order valence-electron chi connectivity index (χ3n) is 6.99. The van der Waals surface area contributed by atoms with Crippen molar-refractivity contribution in [2.24, 2.45) is 0 Å². The second kappa shape index (κ2) is 11.0. The van der Waals surface area contributed by atoms with Crippen molar-refractivity contribution >= 4 is 21.6 Å². The molecule has 0 aliphatic carbocycles. The van der Waals surface area contributed by atoms with E-state index in [1.807, 2.05) is 25.1 Å². The van der Waals surface area contributed by atoms with Gasteiger partial charge in [-0.05, 0) is 85.9 Å². The number of methoxy groups -OCH3 is 1. The molecule has 3 aromatic carbocycles. The Morgan fingerprint density at radius 2 is 1.76 bits per heavy atom. The highest BCUT2D eigenvalue weighted by atomic mass is 32.2. The van der Waals surface area contributed by atoms with E-state index in [1.54, 1.807) is 24.3 Å². The fraction of sp³-hybridized carbons (Fsp3) is 0.345. The van der Waals surface area contributed by atoms with Gasteiger partial charge >= 0.3 is 0 Å². The van der Waals surface area contributed by atoms with Gasteiger partial charge < -0.3 is 14.8 Å². The highest BCUT2D eigenvalue weighted by molar-refractivity contribution is 7.92. The minimum Gasteiger partial charge on any atom is -0.497 e. The standard InChI is InChI=1S/C29H33N3O5S/c1-21-8-13-27-26(16-21)32(38(34,35)25-11-9-24(36-2)10-12-25)20-28(37-27)29(33)30-18-22-6-5-7-23(17-22)19-31-14-3-4-15-31/h5-13,16-17,28H,3-4,14-15,18-20H2,1-2H3,(H,30,33)/t28-/m1/s1. The van der Waals surface area contributed by atoms with Gasteiger partial charge in [-0.1, -0.05) is 30.3 Å². The first-order chi connectivity index (χ1) is 18.3. The minimum atomic E-state index is -3.95. The van der Waals surface area contributed by atoms with Crippen LogP contribution in [0, 0.1) is 6.92 Å². The number of carbonyl (C=O) groups is 1. The summed E-state index contributed by atoms with van der Waals surface area (Å²) in [5.74, 6) is 0.548. The number of anilines is 1. The highest BCUT2D eigenvalue weighted by Gasteiger charge is 2.37. The molecule has 2 aliphatic heterocycles. The van der Waals surface area contributed by atoms with Crippen LogP contribution in [0.2, 0.25) is 0 Å². The molecule has 38 heavy (non-hydrogen) atoms. The molecule has 1 fully saturated rings. The van der Waals surface area contributed by atoms with E-state index in [9.17, 15) is 13.2 Å². The van der Waals surface area contributed by atoms with Crippen LogP contribution in [0.15, 0.2) is 71.6 Å². The van der Waals surface area contributed by atoms with Crippen molar-refractivity contribution in [2.75, 3.05) is 31.0 Å². The zero-order valence-electron chi connectivity index (χ0n) is 21.7. The lowest BCUT2D eigenvalue weighted by molar-refractivity contribution is -0.127. The Morgan fingerprint density at radius 1 is 1.03 bits per heavy atom. The molecule has 5 rings (SSSR count). The predicted molar refractivity (Wildman–Crippen MR) is 146 cm³/mol. The van der Waals surface area contributed by atoms with E-state index in [-0.39, 0.29) is 17.3 Å². The number of carbonyl (C=O) groups excluding carboxylic acids is 1. The maximum Gasteiger partial charge on any atom is 0.264 e. The Labute approximate surface area is 224 Å². The molecule has 3 aromatic rings. The number of nitrogens with one attached hydrogen (secondary N) is 1. The maximum atomic E-state index is 13.7. The Morgan fingerprint density at radius 3 is 2.50 bits per heavy atom. The smallest absolute Gasteiger partial charge is 0.264 e. The van der Waals surface area contributed by atoms with Crippen LogP contribution in [0.1, 0.15) is 29.5 Å². The van der Waals surface area contributed by atoms with E-state index in [2.05, 4.69) is 22.3 Å². The number of sulfonamides is 1. The summed E-state index contributed by atoms with van der Waals surface area (Å²) in [6, 6.07) is 19.7. The number of likely N-dealkylation sites (tertiary alicyclic amines) is 1. The fourth-order valence-corrected chi connectivity index (χ4v) is 6.41. The molecule has 0 radical (unpaired) electrons. The zero-order chi connectivity index (χ0) is 26.7. The molecule has 2 heterocycles. The molecule has 1 amide bonds. The molecular weight excluding hydrogens is 502 g/mol. The van der Waals surface area contributed by atoms with Crippen molar-refractivity contribution in [1.82, 2.24) is 10.2 Å². The van der Waals surface area contributed by atoms with Crippen LogP contribution >= 0.6 is 0 Å². The molecule has 1 saturated heterocycles. The second-order valence-electron chi connectivity index (χ2n) is 9.81. The van der Waals surface area contributed by atoms with Crippen molar-refractivity contribution in [3.63, 3.8) is 0 Å². The number of hydrogen-bond donors (Lipinski definition) is 1. The molecular formula is C29H33N3O5S. The Bertz CT molecular complexity index is 1400. The van der Waals surface area contributed by atoms with Crippen molar-refractivity contribution in [2.45, 2.75) is 43.9 Å². The van der Waals surface area contributed by atoms with Crippen LogP contribution in [0.5, 0.6) is 11.5 Å². The van der Waals surface area contributed by atoms with Crippen molar-refractivity contribution < 1.29 is 22.7 Å². The van der Waals surface area contributed by atoms with Crippen molar-refractivity contribution in [3.05, 3.63) is 83.4 Å². The molecule has 200 valence electrons. The average Bonchev–Trinajstić information content (AvgIpc) is 3.44. The monoisotopic (exact) mass is 535 g/mol. The van der Waals surface area contributed by atoms with Gasteiger partial charge in [0.2, 0.25) is 0 Å². The summed E-state index contributed by atoms with van der Waals surface area (Å²) in [6.45, 7) is 5.23. The van der Waals surface area contributed by atoms with Crippen LogP contribution < -0.4 is 19.1 Å². The van der Waals surface area contributed by atoms with E-state index < -0.39 is 16.1 Å². The number of aryl methyl sites for hydroxylation is 1. The van der Waals surface area contributed by atoms with Crippen LogP contribution in [0.25, 0.3) is 0 Å². The van der Waals surface area contributed by atoms with Gasteiger partial charge in [-0.15, -0.1) is 0 Å². The van der Waals surface area contributed by atoms with Crippen LogP contribution in [-0.4, -0.2) is 52.1 Å². The number of benzene rings is 3. The first-order valence-electron chi connectivity index (χ1n) is 12.9. The molecule has 0 bridgehead atoms. The molecule has 8 nitrogen and oxygen atoms in total. The van der Waals surface area contributed by atoms with Gasteiger partial charge in [-0.25, -0.2) is 8.42 Å². The van der Waals surface area contributed by atoms with Crippen LogP contribution in [-0.2, 0) is 27.9 Å². The summed E-state index contributed by atoms with van der Waals surface area (Å²) in [6.07, 6.45) is 1.49. The van der Waals surface area contributed by atoms with E-state index >= 15 is 0 Å². The summed E-state index contributed by atoms with van der Waals surface area (Å²) in [5, 5.41) is 2.94. The van der Waals surface area contributed by atoms with E-state index in [4.69, 9.17) is 9.47 Å². The summed E-state index contributed by atoms with van der Waals surface area (Å²) in [5.41, 5.74) is 3.51. The molecule has 2 aliphatic rings. The van der Waals surface area contributed by atoms with Crippen molar-refractivity contribution in [3.8, 4) is 11.5 Å². The predicted octanol–water partition coefficient (Wildman–Crippen LogP) is 3.87. The fourth-order valence-electron chi connectivity index (χ4n) is 4.94. The summed E-state index contributed by atoms with van der Waals surface area (Å²) < 4.78 is 39.8. The number of nitrogens with zero attached hydrogens (tertiary/aromatic N) is 2. The van der Waals surface area contributed by atoms with E-state index in [1.165, 1.54) is 42.0 Å². The average molecular weight is 536 g/mol. The molecule has 0 saturated carbocycles. The third kappa shape index (κ3) is 5.63. The molecule has 0 aromatic heterocycles. The number of rotatable bonds is 8. The number of amides is 1. The molecule has 1 N–H and O–H groups in total. The van der Waals surface area contributed by atoms with Gasteiger partial charge in [0.25, 0.3) is 15.9 Å². The SMILES string of the molecule is COc1ccc(S(=O)(=O)N2C[C@H](C(=O)NCc3cccc(CN4CCCC4)c3)Oc3ccc(C)cc32)cc1. The first-order valence-corrected chi connectivity index (χ1v) is 14.3. The lowest BCUT2D eigenvalue weighted by atomic mass is 10.1. The Kier molecular flexibility index (Phi) is 7.58. The molecule has 0 spiro atoms. The first kappa shape index (κ1) is 26.1. The van der Waals surface area contributed by atoms with E-state index in [0.717, 1.165) is 30.8 Å². The number of hydrogen-bond acceptors (Lipinski definition) is 6. The van der Waals surface area contributed by atoms with Gasteiger partial charge in [0, 0.05) is 13.1 Å². The largest absolute Gasteiger partial charge is 0.497 e. The van der Waals surface area contributed by atoms with Gasteiger partial charge in [-0.3, -0.25) is 14.0 Å². The Balaban J connectivity index is 1.33. The normalized spacial score (nSPS) is 17.5. The second-order valence-corrected chi connectivity index (χ2v) is 11.7. The summed E-state index contributed by atoms with van der Waals surface area (Å²) in [4.78, 5) is 15.8. The zero-order valence-corrected chi connectivity index (χ0v) is 22.5. The van der Waals surface area contributed by atoms with Gasteiger partial charge in [0.1, 0.15) is 11.5 Å². The maximum absolute atomic E-state index is 13.7. The lowest BCUT2D eigenvalue weighted by Crippen LogP contribution is -2.50. The molecule has 1 atom stereocenters. The number of ether oxygens (including phenoxy) is 2. The molecule has 0 unspecified atom stereocenters. The van der Waals surface area contributed by atoms with Gasteiger partial charge in [-0.2, -0.15) is 0 Å². The number of fused-ring (bicyclic) bond motifs is 1. The Hall–Kier alpha value is -3.56. The van der Waals surface area contributed by atoms with Crippen molar-refractivity contribution in [1.29, 1.82) is 0 Å². The van der Waals surface area contributed by atoms with E-state index in [0.29, 0.717) is 23.7 Å². The lowest BCUT2D eigenvalue weighted by Gasteiger charge is -2.35. The topological polar surface area (TPSA) is 88.2 Å². The van der Waals surface area contributed by atoms with Crippen LogP contribution in [0.4, 0.5) is 5.69 Å². The molecule has 9 heteroatoms. The third-order valence-corrected chi connectivity index (χ3v) is 8.78.